The first kappa shape index (κ1) is 21.8. The smallest absolute Gasteiger partial charge is 0.281 e. The number of non-ortho nitro benzene ring substituents is 1. The highest BCUT2D eigenvalue weighted by Crippen LogP contribution is 2.32. The quantitative estimate of drug-likeness (QED) is 0.296. The van der Waals surface area contributed by atoms with Gasteiger partial charge in [0.15, 0.2) is 11.5 Å². The van der Waals surface area contributed by atoms with Crippen LogP contribution in [0.2, 0.25) is 0 Å². The number of nitro benzene ring substituents is 1. The predicted octanol–water partition coefficient (Wildman–Crippen LogP) is 4.84. The van der Waals surface area contributed by atoms with E-state index in [1.807, 2.05) is 43.3 Å². The molecule has 0 radical (unpaired) electrons. The minimum Gasteiger partial charge on any atom is -0.493 e. The first-order valence-electron chi connectivity index (χ1n) is 10.3. The van der Waals surface area contributed by atoms with Gasteiger partial charge in [-0.15, -0.1) is 0 Å². The molecule has 0 saturated carbocycles. The van der Waals surface area contributed by atoms with E-state index < -0.39 is 4.92 Å². The summed E-state index contributed by atoms with van der Waals surface area (Å²) in [5.41, 5.74) is 2.80. The summed E-state index contributed by atoms with van der Waals surface area (Å²) < 4.78 is 11.0. The van der Waals surface area contributed by atoms with Crippen molar-refractivity contribution >= 4 is 29.1 Å². The molecule has 0 spiro atoms. The van der Waals surface area contributed by atoms with Gasteiger partial charge in [0.05, 0.1) is 29.9 Å². The fourth-order valence-corrected chi connectivity index (χ4v) is 3.46. The molecule has 166 valence electrons. The van der Waals surface area contributed by atoms with Crippen LogP contribution in [0, 0.1) is 10.1 Å². The average molecular weight is 443 g/mol. The zero-order chi connectivity index (χ0) is 23.4. The number of anilines is 1. The number of hydrazone groups is 1. The Balaban J connectivity index is 1.78. The topological polar surface area (TPSA) is 94.3 Å². The Hall–Kier alpha value is -4.46. The molecule has 0 atom stereocenters. The van der Waals surface area contributed by atoms with Gasteiger partial charge in [0.1, 0.15) is 5.71 Å². The second kappa shape index (κ2) is 9.35. The molecule has 4 rings (SSSR count). The van der Waals surface area contributed by atoms with Crippen LogP contribution in [-0.2, 0) is 4.79 Å². The summed E-state index contributed by atoms with van der Waals surface area (Å²) >= 11 is 0. The van der Waals surface area contributed by atoms with Crippen LogP contribution in [-0.4, -0.2) is 30.3 Å². The number of benzene rings is 3. The number of nitro groups is 1. The number of rotatable bonds is 7. The SMILES string of the molecule is CCOc1cc(/C=C2\C(=O)N(c3ccc([N+](=O)[O-])cc3)N=C2c2ccccc2)ccc1OC. The monoisotopic (exact) mass is 443 g/mol. The van der Waals surface area contributed by atoms with Crippen LogP contribution in [0.15, 0.2) is 83.5 Å². The second-order valence-electron chi connectivity index (χ2n) is 7.11. The van der Waals surface area contributed by atoms with Gasteiger partial charge in [-0.05, 0) is 42.8 Å². The number of hydrogen-bond donors (Lipinski definition) is 0. The summed E-state index contributed by atoms with van der Waals surface area (Å²) in [6.45, 7) is 2.35. The molecular formula is C25H21N3O5. The first-order valence-corrected chi connectivity index (χ1v) is 10.3. The van der Waals surface area contributed by atoms with Crippen molar-refractivity contribution < 1.29 is 19.2 Å². The van der Waals surface area contributed by atoms with Crippen LogP contribution < -0.4 is 14.5 Å². The molecule has 1 aliphatic rings. The van der Waals surface area contributed by atoms with E-state index in [1.165, 1.54) is 29.3 Å². The zero-order valence-electron chi connectivity index (χ0n) is 18.1. The lowest BCUT2D eigenvalue weighted by Crippen LogP contribution is -2.21. The van der Waals surface area contributed by atoms with Gasteiger partial charge in [-0.25, -0.2) is 0 Å². The lowest BCUT2D eigenvalue weighted by molar-refractivity contribution is -0.384. The largest absolute Gasteiger partial charge is 0.493 e. The molecule has 0 N–H and O–H groups in total. The molecule has 3 aromatic rings. The van der Waals surface area contributed by atoms with Crippen LogP contribution in [0.4, 0.5) is 11.4 Å². The van der Waals surface area contributed by atoms with E-state index in [1.54, 1.807) is 25.3 Å². The Bertz CT molecular complexity index is 1250. The third-order valence-corrected chi connectivity index (χ3v) is 5.03. The minimum absolute atomic E-state index is 0.0601. The molecule has 0 aromatic heterocycles. The molecule has 1 heterocycles. The van der Waals surface area contributed by atoms with Crippen LogP contribution in [0.3, 0.4) is 0 Å². The lowest BCUT2D eigenvalue weighted by atomic mass is 10.00. The maximum absolute atomic E-state index is 13.4. The fraction of sp³-hybridized carbons (Fsp3) is 0.120. The van der Waals surface area contributed by atoms with Crippen molar-refractivity contribution in [2.24, 2.45) is 5.10 Å². The molecule has 0 unspecified atom stereocenters. The number of carbonyl (C=O) groups is 1. The van der Waals surface area contributed by atoms with Gasteiger partial charge in [0, 0.05) is 17.7 Å². The van der Waals surface area contributed by atoms with E-state index >= 15 is 0 Å². The Kier molecular flexibility index (Phi) is 6.17. The summed E-state index contributed by atoms with van der Waals surface area (Å²) in [7, 11) is 1.57. The molecule has 33 heavy (non-hydrogen) atoms. The minimum atomic E-state index is -0.487. The normalized spacial score (nSPS) is 14.4. The van der Waals surface area contributed by atoms with Gasteiger partial charge in [0.2, 0.25) is 0 Å². The maximum atomic E-state index is 13.4. The van der Waals surface area contributed by atoms with Crippen molar-refractivity contribution in [1.29, 1.82) is 0 Å². The van der Waals surface area contributed by atoms with Crippen molar-refractivity contribution in [3.8, 4) is 11.5 Å². The van der Waals surface area contributed by atoms with Crippen molar-refractivity contribution in [2.45, 2.75) is 6.92 Å². The van der Waals surface area contributed by atoms with Crippen LogP contribution in [0.1, 0.15) is 18.1 Å². The van der Waals surface area contributed by atoms with Crippen molar-refractivity contribution in [3.63, 3.8) is 0 Å². The molecule has 8 nitrogen and oxygen atoms in total. The first-order chi connectivity index (χ1) is 16.0. The third kappa shape index (κ3) is 4.45. The Labute approximate surface area is 190 Å². The Morgan fingerprint density at radius 2 is 1.76 bits per heavy atom. The summed E-state index contributed by atoms with van der Waals surface area (Å²) in [4.78, 5) is 23.9. The van der Waals surface area contributed by atoms with Crippen molar-refractivity contribution in [1.82, 2.24) is 0 Å². The number of hydrogen-bond acceptors (Lipinski definition) is 6. The van der Waals surface area contributed by atoms with Crippen LogP contribution >= 0.6 is 0 Å². The van der Waals surface area contributed by atoms with E-state index in [9.17, 15) is 14.9 Å². The summed E-state index contributed by atoms with van der Waals surface area (Å²) in [5, 5.41) is 16.8. The average Bonchev–Trinajstić information content (AvgIpc) is 3.16. The van der Waals surface area contributed by atoms with E-state index in [2.05, 4.69) is 5.10 Å². The van der Waals surface area contributed by atoms with E-state index in [-0.39, 0.29) is 11.6 Å². The molecule has 3 aromatic carbocycles. The number of ether oxygens (including phenoxy) is 2. The standard InChI is InChI=1S/C25H21N3O5/c1-3-33-23-16-17(9-14-22(23)32-2)15-21-24(18-7-5-4-6-8-18)26-27(25(21)29)19-10-12-20(13-11-19)28(30)31/h4-16H,3H2,1-2H3/b21-15-. The Morgan fingerprint density at radius 3 is 2.39 bits per heavy atom. The molecule has 0 aliphatic carbocycles. The number of carbonyl (C=O) groups excluding carboxylic acids is 1. The van der Waals surface area contributed by atoms with Gasteiger partial charge in [-0.3, -0.25) is 14.9 Å². The van der Waals surface area contributed by atoms with Crippen molar-refractivity contribution in [2.75, 3.05) is 18.7 Å². The predicted molar refractivity (Wildman–Crippen MR) is 126 cm³/mol. The molecule has 1 aliphatic heterocycles. The van der Waals surface area contributed by atoms with Crippen LogP contribution in [0.5, 0.6) is 11.5 Å². The number of amides is 1. The molecule has 1 amide bonds. The number of nitrogens with zero attached hydrogens (tertiary/aromatic N) is 3. The van der Waals surface area contributed by atoms with Gasteiger partial charge >= 0.3 is 0 Å². The summed E-state index contributed by atoms with van der Waals surface area (Å²) in [6, 6.07) is 20.5. The summed E-state index contributed by atoms with van der Waals surface area (Å²) in [6.07, 6.45) is 1.75. The van der Waals surface area contributed by atoms with Gasteiger partial charge in [0.25, 0.3) is 11.6 Å². The van der Waals surface area contributed by atoms with Crippen molar-refractivity contribution in [3.05, 3.63) is 99.6 Å². The van der Waals surface area contributed by atoms with E-state index in [4.69, 9.17) is 9.47 Å². The molecule has 0 bridgehead atoms. The highest BCUT2D eigenvalue weighted by Gasteiger charge is 2.32. The third-order valence-electron chi connectivity index (χ3n) is 5.03. The second-order valence-corrected chi connectivity index (χ2v) is 7.11. The maximum Gasteiger partial charge on any atom is 0.281 e. The fourth-order valence-electron chi connectivity index (χ4n) is 3.46. The van der Waals surface area contributed by atoms with E-state index in [0.717, 1.165) is 11.1 Å². The lowest BCUT2D eigenvalue weighted by Gasteiger charge is -2.11. The highest BCUT2D eigenvalue weighted by atomic mass is 16.6. The summed E-state index contributed by atoms with van der Waals surface area (Å²) in [5.74, 6) is 0.836. The van der Waals surface area contributed by atoms with Gasteiger partial charge < -0.3 is 9.47 Å². The van der Waals surface area contributed by atoms with Gasteiger partial charge in [-0.2, -0.15) is 10.1 Å². The van der Waals surface area contributed by atoms with E-state index in [0.29, 0.717) is 35.1 Å². The molecule has 8 heteroatoms. The zero-order valence-corrected chi connectivity index (χ0v) is 18.1. The Morgan fingerprint density at radius 1 is 1.03 bits per heavy atom. The van der Waals surface area contributed by atoms with Gasteiger partial charge in [-0.1, -0.05) is 36.4 Å². The molecular weight excluding hydrogens is 422 g/mol. The molecule has 0 fully saturated rings. The van der Waals surface area contributed by atoms with Crippen LogP contribution in [0.25, 0.3) is 6.08 Å². The molecule has 0 saturated heterocycles. The highest BCUT2D eigenvalue weighted by molar-refractivity contribution is 6.37. The number of methoxy groups -OCH3 is 1.